The second-order valence-corrected chi connectivity index (χ2v) is 7.85. The van der Waals surface area contributed by atoms with Crippen molar-refractivity contribution < 1.29 is 33.2 Å². The van der Waals surface area contributed by atoms with Crippen molar-refractivity contribution in [2.24, 2.45) is 0 Å². The van der Waals surface area contributed by atoms with Crippen LogP contribution in [0.1, 0.15) is 57.0 Å². The molecule has 1 aromatic heterocycles. The van der Waals surface area contributed by atoms with Crippen molar-refractivity contribution >= 4 is 11.7 Å². The zero-order valence-electron chi connectivity index (χ0n) is 20.7. The van der Waals surface area contributed by atoms with Gasteiger partial charge in [-0.25, -0.2) is 4.79 Å². The Hall–Kier alpha value is -4.08. The molecule has 0 fully saturated rings. The minimum Gasteiger partial charge on any atom is -0.493 e. The second-order valence-electron chi connectivity index (χ2n) is 7.85. The number of carbonyl (C=O) groups excluding carboxylic acids is 1. The van der Waals surface area contributed by atoms with E-state index in [1.807, 2.05) is 0 Å². The molecule has 0 aliphatic carbocycles. The van der Waals surface area contributed by atoms with E-state index in [-0.39, 0.29) is 18.1 Å². The number of carbonyl (C=O) groups is 1. The fourth-order valence-electron chi connectivity index (χ4n) is 3.21. The predicted molar refractivity (Wildman–Crippen MR) is 132 cm³/mol. The zero-order chi connectivity index (χ0) is 25.9. The van der Waals surface area contributed by atoms with Crippen LogP contribution in [-0.4, -0.2) is 35.9 Å². The Morgan fingerprint density at radius 3 is 2.25 bits per heavy atom. The lowest BCUT2D eigenvalue weighted by atomic mass is 10.1. The van der Waals surface area contributed by atoms with Crippen LogP contribution in [0.25, 0.3) is 11.3 Å². The first-order valence-corrected chi connectivity index (χ1v) is 12.0. The largest absolute Gasteiger partial charge is 0.493 e. The van der Waals surface area contributed by atoms with Crippen LogP contribution in [0.3, 0.4) is 0 Å². The Bertz CT molecular complexity index is 1160. The Balaban J connectivity index is 2.07. The van der Waals surface area contributed by atoms with E-state index in [0.29, 0.717) is 47.5 Å². The summed E-state index contributed by atoms with van der Waals surface area (Å²) >= 11 is 0. The van der Waals surface area contributed by atoms with E-state index in [1.54, 1.807) is 19.1 Å². The van der Waals surface area contributed by atoms with Gasteiger partial charge in [-0.15, -0.1) is 0 Å². The Kier molecular flexibility index (Phi) is 9.67. The highest BCUT2D eigenvalue weighted by Crippen LogP contribution is 2.44. The number of hydrogen-bond acceptors (Lipinski definition) is 9. The molecule has 3 rings (SSSR count). The van der Waals surface area contributed by atoms with Gasteiger partial charge in [0.05, 0.1) is 30.3 Å². The Morgan fingerprint density at radius 2 is 1.61 bits per heavy atom. The number of nitro groups is 1. The van der Waals surface area contributed by atoms with Crippen LogP contribution < -0.4 is 14.2 Å². The number of benzene rings is 2. The first-order valence-electron chi connectivity index (χ1n) is 12.0. The van der Waals surface area contributed by atoms with E-state index >= 15 is 0 Å². The average Bonchev–Trinajstić information content (AvgIpc) is 3.35. The standard InChI is InChI=1S/C26H30N2O8/c1-4-7-13-33-20-15-22(34-14-8-5-2)25(21-17-24(36-27-21)26(29)32-6-3)23(16-20)35-19-11-9-18(10-12-19)28(30)31/h9-12,15-17H,4-8,13-14H2,1-3H3. The Morgan fingerprint density at radius 1 is 0.944 bits per heavy atom. The number of ether oxygens (including phenoxy) is 4. The minimum absolute atomic E-state index is 0.0570. The smallest absolute Gasteiger partial charge is 0.377 e. The van der Waals surface area contributed by atoms with Gasteiger partial charge in [0.2, 0.25) is 5.76 Å². The molecule has 0 radical (unpaired) electrons. The molecule has 0 unspecified atom stereocenters. The molecule has 0 bridgehead atoms. The zero-order valence-corrected chi connectivity index (χ0v) is 20.7. The second kappa shape index (κ2) is 13.1. The summed E-state index contributed by atoms with van der Waals surface area (Å²) < 4.78 is 28.4. The summed E-state index contributed by atoms with van der Waals surface area (Å²) in [4.78, 5) is 22.7. The monoisotopic (exact) mass is 498 g/mol. The van der Waals surface area contributed by atoms with Gasteiger partial charge in [0.25, 0.3) is 5.69 Å². The summed E-state index contributed by atoms with van der Waals surface area (Å²) in [6.07, 6.45) is 3.61. The maximum Gasteiger partial charge on any atom is 0.377 e. The third-order valence-corrected chi connectivity index (χ3v) is 5.08. The highest BCUT2D eigenvalue weighted by Gasteiger charge is 2.23. The molecule has 0 amide bonds. The third kappa shape index (κ3) is 6.97. The molecular formula is C26H30N2O8. The average molecular weight is 499 g/mol. The normalized spacial score (nSPS) is 10.6. The number of non-ortho nitro benzene ring substituents is 1. The maximum atomic E-state index is 12.2. The molecule has 2 aromatic carbocycles. The summed E-state index contributed by atoms with van der Waals surface area (Å²) in [6.45, 7) is 6.97. The first kappa shape index (κ1) is 26.5. The number of nitrogens with zero attached hydrogens (tertiary/aromatic N) is 2. The van der Waals surface area contributed by atoms with Crippen LogP contribution in [0.5, 0.6) is 23.0 Å². The molecule has 0 saturated heterocycles. The molecule has 192 valence electrons. The van der Waals surface area contributed by atoms with E-state index in [0.717, 1.165) is 25.7 Å². The fourth-order valence-corrected chi connectivity index (χ4v) is 3.21. The highest BCUT2D eigenvalue weighted by atomic mass is 16.6. The van der Waals surface area contributed by atoms with Gasteiger partial charge >= 0.3 is 5.97 Å². The summed E-state index contributed by atoms with van der Waals surface area (Å²) in [7, 11) is 0. The SMILES string of the molecule is CCCCOc1cc(OCCCC)c(-c2cc(C(=O)OCC)on2)c(Oc2ccc([N+](=O)[O-])cc2)c1. The van der Waals surface area contributed by atoms with Crippen LogP contribution in [0.15, 0.2) is 47.0 Å². The topological polar surface area (TPSA) is 123 Å². The van der Waals surface area contributed by atoms with Crippen molar-refractivity contribution in [2.45, 2.75) is 46.5 Å². The summed E-state index contributed by atoms with van der Waals surface area (Å²) in [5.41, 5.74) is 0.701. The molecule has 36 heavy (non-hydrogen) atoms. The number of unbranched alkanes of at least 4 members (excludes halogenated alkanes) is 2. The molecule has 3 aromatic rings. The lowest BCUT2D eigenvalue weighted by Crippen LogP contribution is -2.03. The van der Waals surface area contributed by atoms with Gasteiger partial charge in [-0.05, 0) is 31.9 Å². The quantitative estimate of drug-likeness (QED) is 0.105. The summed E-state index contributed by atoms with van der Waals surface area (Å²) in [5.74, 6) is 0.968. The van der Waals surface area contributed by atoms with Gasteiger partial charge < -0.3 is 23.5 Å². The van der Waals surface area contributed by atoms with Gasteiger partial charge in [-0.2, -0.15) is 0 Å². The van der Waals surface area contributed by atoms with Crippen molar-refractivity contribution in [3.05, 3.63) is 58.3 Å². The molecule has 0 atom stereocenters. The Labute approximate surface area is 209 Å². The molecule has 0 aliphatic heterocycles. The molecule has 0 N–H and O–H groups in total. The predicted octanol–water partition coefficient (Wildman–Crippen LogP) is 6.58. The van der Waals surface area contributed by atoms with E-state index in [1.165, 1.54) is 30.3 Å². The van der Waals surface area contributed by atoms with Crippen molar-refractivity contribution in [3.8, 4) is 34.3 Å². The third-order valence-electron chi connectivity index (χ3n) is 5.08. The number of rotatable bonds is 14. The van der Waals surface area contributed by atoms with Crippen LogP contribution in [0, 0.1) is 10.1 Å². The minimum atomic E-state index is -0.637. The van der Waals surface area contributed by atoms with E-state index in [4.69, 9.17) is 23.5 Å². The maximum absolute atomic E-state index is 12.2. The lowest BCUT2D eigenvalue weighted by Gasteiger charge is -2.17. The van der Waals surface area contributed by atoms with E-state index in [2.05, 4.69) is 19.0 Å². The lowest BCUT2D eigenvalue weighted by molar-refractivity contribution is -0.384. The highest BCUT2D eigenvalue weighted by molar-refractivity contribution is 5.88. The molecule has 0 spiro atoms. The van der Waals surface area contributed by atoms with Gasteiger partial charge in [-0.3, -0.25) is 10.1 Å². The number of nitro benzene ring substituents is 1. The van der Waals surface area contributed by atoms with Gasteiger partial charge in [0.1, 0.15) is 28.7 Å². The number of hydrogen-bond donors (Lipinski definition) is 0. The number of esters is 1. The molecule has 10 heteroatoms. The van der Waals surface area contributed by atoms with E-state index in [9.17, 15) is 14.9 Å². The first-order chi connectivity index (χ1) is 17.5. The van der Waals surface area contributed by atoms with Gasteiger partial charge in [0.15, 0.2) is 0 Å². The van der Waals surface area contributed by atoms with Crippen LogP contribution >= 0.6 is 0 Å². The molecule has 0 saturated carbocycles. The van der Waals surface area contributed by atoms with Crippen molar-refractivity contribution in [1.82, 2.24) is 5.16 Å². The van der Waals surface area contributed by atoms with Crippen molar-refractivity contribution in [3.63, 3.8) is 0 Å². The van der Waals surface area contributed by atoms with Crippen LogP contribution in [0.2, 0.25) is 0 Å². The van der Waals surface area contributed by atoms with Crippen LogP contribution in [-0.2, 0) is 4.74 Å². The summed E-state index contributed by atoms with van der Waals surface area (Å²) in [6, 6.07) is 10.6. The fraction of sp³-hybridized carbons (Fsp3) is 0.385. The van der Waals surface area contributed by atoms with Gasteiger partial charge in [-0.1, -0.05) is 31.8 Å². The molecular weight excluding hydrogens is 468 g/mol. The van der Waals surface area contributed by atoms with Crippen molar-refractivity contribution in [1.29, 1.82) is 0 Å². The van der Waals surface area contributed by atoms with E-state index < -0.39 is 10.9 Å². The number of aromatic nitrogens is 1. The molecule has 1 heterocycles. The van der Waals surface area contributed by atoms with Crippen molar-refractivity contribution in [2.75, 3.05) is 19.8 Å². The molecule has 0 aliphatic rings. The molecule has 10 nitrogen and oxygen atoms in total. The van der Waals surface area contributed by atoms with Crippen LogP contribution in [0.4, 0.5) is 5.69 Å². The van der Waals surface area contributed by atoms with Gasteiger partial charge in [0, 0.05) is 30.3 Å². The summed E-state index contributed by atoms with van der Waals surface area (Å²) in [5, 5.41) is 15.1.